The number of hydrogen-bond donors (Lipinski definition) is 1. The van der Waals surface area contributed by atoms with E-state index < -0.39 is 29.5 Å². The Hall–Kier alpha value is -4.66. The summed E-state index contributed by atoms with van der Waals surface area (Å²) in [4.78, 5) is 54.8. The number of benzene rings is 3. The van der Waals surface area contributed by atoms with Crippen molar-refractivity contribution in [2.45, 2.75) is 26.4 Å². The summed E-state index contributed by atoms with van der Waals surface area (Å²) in [5, 5.41) is 2.83. The Morgan fingerprint density at radius 1 is 0.974 bits per heavy atom. The van der Waals surface area contributed by atoms with Crippen molar-refractivity contribution < 1.29 is 28.7 Å². The normalized spacial score (nSPS) is 13.1. The molecule has 4 rings (SSSR count). The first-order valence-corrected chi connectivity index (χ1v) is 12.1. The Morgan fingerprint density at radius 3 is 2.39 bits per heavy atom. The number of fused-ring (bicyclic) bond motifs is 1. The number of aryl methyl sites for hydroxylation is 1. The Balaban J connectivity index is 1.61. The highest BCUT2D eigenvalue weighted by Gasteiger charge is 2.38. The van der Waals surface area contributed by atoms with E-state index in [9.17, 15) is 19.2 Å². The number of anilines is 2. The lowest BCUT2D eigenvalue weighted by atomic mass is 10.1. The van der Waals surface area contributed by atoms with Crippen LogP contribution in [0.3, 0.4) is 0 Å². The first-order chi connectivity index (χ1) is 18.2. The molecule has 0 aromatic heterocycles. The van der Waals surface area contributed by atoms with E-state index in [0.29, 0.717) is 22.9 Å². The highest BCUT2D eigenvalue weighted by atomic mass is 16.5. The lowest BCUT2D eigenvalue weighted by molar-refractivity contribution is -0.138. The molecule has 9 nitrogen and oxygen atoms in total. The average molecular weight is 516 g/mol. The second-order valence-corrected chi connectivity index (χ2v) is 8.92. The van der Waals surface area contributed by atoms with Gasteiger partial charge in [-0.05, 0) is 49.2 Å². The molecule has 1 aliphatic rings. The number of nitrogens with one attached hydrogen (secondary N) is 1. The molecule has 0 bridgehead atoms. The fourth-order valence-corrected chi connectivity index (χ4v) is 4.32. The first-order valence-electron chi connectivity index (χ1n) is 12.1. The number of carbonyl (C=O) groups excluding carboxylic acids is 4. The molecule has 0 aliphatic carbocycles. The van der Waals surface area contributed by atoms with Crippen LogP contribution < -0.4 is 19.7 Å². The smallest absolute Gasteiger partial charge is 0.299 e. The van der Waals surface area contributed by atoms with Crippen LogP contribution in [0.25, 0.3) is 0 Å². The third-order valence-electron chi connectivity index (χ3n) is 6.61. The molecule has 1 atom stereocenters. The largest absolute Gasteiger partial charge is 0.497 e. The van der Waals surface area contributed by atoms with Gasteiger partial charge < -0.3 is 19.7 Å². The van der Waals surface area contributed by atoms with Crippen LogP contribution in [0.4, 0.5) is 11.4 Å². The maximum absolute atomic E-state index is 13.7. The number of hydrogen-bond acceptors (Lipinski definition) is 6. The molecule has 1 heterocycles. The minimum atomic E-state index is -0.919. The molecule has 3 aromatic rings. The van der Waals surface area contributed by atoms with Gasteiger partial charge in [0.25, 0.3) is 11.7 Å². The van der Waals surface area contributed by atoms with E-state index >= 15 is 0 Å². The van der Waals surface area contributed by atoms with Crippen molar-refractivity contribution in [1.82, 2.24) is 4.90 Å². The topological polar surface area (TPSA) is 105 Å². The molecular weight excluding hydrogens is 486 g/mol. The maximum Gasteiger partial charge on any atom is 0.299 e. The number of para-hydroxylation sites is 1. The highest BCUT2D eigenvalue weighted by Crippen LogP contribution is 2.30. The lowest BCUT2D eigenvalue weighted by Gasteiger charge is -2.31. The van der Waals surface area contributed by atoms with Crippen LogP contribution in [0.15, 0.2) is 66.7 Å². The minimum absolute atomic E-state index is 0.136. The van der Waals surface area contributed by atoms with E-state index in [1.54, 1.807) is 49.4 Å². The summed E-state index contributed by atoms with van der Waals surface area (Å²) in [6, 6.07) is 18.2. The van der Waals surface area contributed by atoms with Gasteiger partial charge in [0.05, 0.1) is 31.2 Å². The van der Waals surface area contributed by atoms with Crippen LogP contribution in [0.5, 0.6) is 11.5 Å². The van der Waals surface area contributed by atoms with Crippen LogP contribution in [0.1, 0.15) is 28.4 Å². The van der Waals surface area contributed by atoms with Crippen LogP contribution in [-0.2, 0) is 20.9 Å². The highest BCUT2D eigenvalue weighted by molar-refractivity contribution is 6.52. The average Bonchev–Trinajstić information content (AvgIpc) is 3.17. The molecule has 0 saturated heterocycles. The second-order valence-electron chi connectivity index (χ2n) is 8.92. The third-order valence-corrected chi connectivity index (χ3v) is 6.61. The summed E-state index contributed by atoms with van der Waals surface area (Å²) in [6.45, 7) is 3.30. The number of ketones is 1. The number of methoxy groups -OCH3 is 2. The first kappa shape index (κ1) is 26.4. The van der Waals surface area contributed by atoms with E-state index in [4.69, 9.17) is 9.47 Å². The van der Waals surface area contributed by atoms with Gasteiger partial charge in [0.2, 0.25) is 11.8 Å². The zero-order valence-electron chi connectivity index (χ0n) is 21.7. The zero-order valence-corrected chi connectivity index (χ0v) is 21.7. The number of rotatable bonds is 9. The van der Waals surface area contributed by atoms with Crippen molar-refractivity contribution in [3.63, 3.8) is 0 Å². The van der Waals surface area contributed by atoms with Gasteiger partial charge in [0, 0.05) is 12.6 Å². The molecule has 0 saturated carbocycles. The van der Waals surface area contributed by atoms with E-state index in [-0.39, 0.29) is 18.7 Å². The van der Waals surface area contributed by atoms with Gasteiger partial charge in [0.1, 0.15) is 24.1 Å². The fraction of sp³-hybridized carbons (Fsp3) is 0.241. The van der Waals surface area contributed by atoms with E-state index in [2.05, 4.69) is 5.32 Å². The predicted molar refractivity (Wildman–Crippen MR) is 142 cm³/mol. The van der Waals surface area contributed by atoms with Gasteiger partial charge in [-0.15, -0.1) is 0 Å². The molecule has 38 heavy (non-hydrogen) atoms. The van der Waals surface area contributed by atoms with Crippen molar-refractivity contribution in [2.24, 2.45) is 0 Å². The van der Waals surface area contributed by atoms with Crippen molar-refractivity contribution in [1.29, 1.82) is 0 Å². The monoisotopic (exact) mass is 515 g/mol. The predicted octanol–water partition coefficient (Wildman–Crippen LogP) is 3.60. The van der Waals surface area contributed by atoms with Gasteiger partial charge in [0.15, 0.2) is 0 Å². The Bertz CT molecular complexity index is 1400. The van der Waals surface area contributed by atoms with E-state index in [0.717, 1.165) is 11.1 Å². The number of carbonyl (C=O) groups is 4. The second kappa shape index (κ2) is 11.2. The van der Waals surface area contributed by atoms with E-state index in [1.165, 1.54) is 24.0 Å². The zero-order chi connectivity index (χ0) is 27.4. The van der Waals surface area contributed by atoms with E-state index in [1.807, 2.05) is 31.2 Å². The molecule has 0 unspecified atom stereocenters. The SMILES string of the molecule is COc1ccc(NC(=O)[C@@H](C)N(Cc2ccccc2C)C(=O)CN2C(=O)C(=O)c3ccccc32)c(OC)c1. The number of nitrogens with zero attached hydrogens (tertiary/aromatic N) is 2. The molecule has 0 spiro atoms. The number of ether oxygens (including phenoxy) is 2. The van der Waals surface area contributed by atoms with Crippen LogP contribution >= 0.6 is 0 Å². The Kier molecular flexibility index (Phi) is 7.76. The molecule has 196 valence electrons. The molecule has 3 aromatic carbocycles. The minimum Gasteiger partial charge on any atom is -0.497 e. The summed E-state index contributed by atoms with van der Waals surface area (Å²) < 4.78 is 10.6. The Morgan fingerprint density at radius 2 is 1.68 bits per heavy atom. The molecule has 9 heteroatoms. The van der Waals surface area contributed by atoms with Gasteiger partial charge in [-0.1, -0.05) is 36.4 Å². The molecule has 1 aliphatic heterocycles. The summed E-state index contributed by atoms with van der Waals surface area (Å²) in [5.41, 5.74) is 2.86. The summed E-state index contributed by atoms with van der Waals surface area (Å²) in [7, 11) is 3.01. The van der Waals surface area contributed by atoms with Crippen LogP contribution in [0.2, 0.25) is 0 Å². The number of Topliss-reactive ketones (excluding diaryl/α,β-unsaturated/α-hetero) is 1. The van der Waals surface area contributed by atoms with Gasteiger partial charge >= 0.3 is 0 Å². The van der Waals surface area contributed by atoms with Crippen molar-refractivity contribution in [3.8, 4) is 11.5 Å². The third kappa shape index (κ3) is 5.22. The molecular formula is C29H29N3O6. The standard InChI is InChI=1S/C29H29N3O6/c1-18-9-5-6-10-20(18)16-31(19(2)28(35)30-23-14-13-21(37-3)15-25(23)38-4)26(33)17-32-24-12-8-7-11-22(24)27(34)29(32)36/h5-15,19H,16-17H2,1-4H3,(H,30,35)/t19-/m1/s1. The van der Waals surface area contributed by atoms with Crippen molar-refractivity contribution in [3.05, 3.63) is 83.4 Å². The summed E-state index contributed by atoms with van der Waals surface area (Å²) in [6.07, 6.45) is 0. The summed E-state index contributed by atoms with van der Waals surface area (Å²) in [5.74, 6) is -1.38. The maximum atomic E-state index is 13.7. The fourth-order valence-electron chi connectivity index (χ4n) is 4.32. The van der Waals surface area contributed by atoms with Crippen molar-refractivity contribution >= 4 is 34.9 Å². The van der Waals surface area contributed by atoms with Crippen LogP contribution in [-0.4, -0.2) is 55.2 Å². The Labute approximate surface area is 220 Å². The molecule has 1 N–H and O–H groups in total. The number of amides is 3. The van der Waals surface area contributed by atoms with Gasteiger partial charge in [-0.3, -0.25) is 24.1 Å². The van der Waals surface area contributed by atoms with Gasteiger partial charge in [-0.25, -0.2) is 0 Å². The summed E-state index contributed by atoms with van der Waals surface area (Å²) >= 11 is 0. The molecule has 3 amide bonds. The quantitative estimate of drug-likeness (QED) is 0.437. The van der Waals surface area contributed by atoms with Crippen molar-refractivity contribution in [2.75, 3.05) is 31.0 Å². The molecule has 0 radical (unpaired) electrons. The van der Waals surface area contributed by atoms with Gasteiger partial charge in [-0.2, -0.15) is 0 Å². The molecule has 0 fully saturated rings. The lowest BCUT2D eigenvalue weighted by Crippen LogP contribution is -2.49. The van der Waals surface area contributed by atoms with Crippen LogP contribution in [0, 0.1) is 6.92 Å².